The van der Waals surface area contributed by atoms with Crippen LogP contribution in [0.25, 0.3) is 11.0 Å². The summed E-state index contributed by atoms with van der Waals surface area (Å²) in [4.78, 5) is 8.53. The molecule has 0 aliphatic heterocycles. The molecule has 3 rings (SSSR count). The van der Waals surface area contributed by atoms with Gasteiger partial charge in [0.25, 0.3) is 0 Å². The second-order valence-corrected chi connectivity index (χ2v) is 5.01. The number of hydrogen-bond donors (Lipinski definition) is 1. The van der Waals surface area contributed by atoms with Gasteiger partial charge in [0, 0.05) is 19.3 Å². The minimum Gasteiger partial charge on any atom is -0.365 e. The van der Waals surface area contributed by atoms with E-state index >= 15 is 0 Å². The molecular formula is C13H17N7. The van der Waals surface area contributed by atoms with Crippen molar-refractivity contribution < 1.29 is 0 Å². The Morgan fingerprint density at radius 2 is 2.10 bits per heavy atom. The molecule has 0 aliphatic rings. The van der Waals surface area contributed by atoms with E-state index in [1.165, 1.54) is 0 Å². The van der Waals surface area contributed by atoms with Crippen molar-refractivity contribution >= 4 is 16.9 Å². The topological polar surface area (TPSA) is 73.5 Å². The first-order chi connectivity index (χ1) is 9.63. The van der Waals surface area contributed by atoms with Crippen LogP contribution >= 0.6 is 0 Å². The minimum atomic E-state index is 0.201. The Bertz CT molecular complexity index is 727. The maximum Gasteiger partial charge on any atom is 0.163 e. The van der Waals surface area contributed by atoms with Crippen molar-refractivity contribution in [1.29, 1.82) is 0 Å². The zero-order valence-corrected chi connectivity index (χ0v) is 11.8. The molecule has 1 N–H and O–H groups in total. The summed E-state index contributed by atoms with van der Waals surface area (Å²) in [6.07, 6.45) is 7.22. The van der Waals surface area contributed by atoms with Gasteiger partial charge < -0.3 is 5.32 Å². The van der Waals surface area contributed by atoms with Crippen LogP contribution in [0.5, 0.6) is 0 Å². The molecule has 3 aromatic rings. The maximum absolute atomic E-state index is 4.30. The maximum atomic E-state index is 4.30. The van der Waals surface area contributed by atoms with Crippen LogP contribution < -0.4 is 5.32 Å². The number of aryl methyl sites for hydroxylation is 2. The Morgan fingerprint density at radius 1 is 1.25 bits per heavy atom. The normalized spacial score (nSPS) is 12.8. The lowest BCUT2D eigenvalue weighted by Crippen LogP contribution is -2.23. The second-order valence-electron chi connectivity index (χ2n) is 5.01. The zero-order valence-electron chi connectivity index (χ0n) is 11.8. The number of hydrogen-bond acceptors (Lipinski definition) is 5. The van der Waals surface area contributed by atoms with Gasteiger partial charge in [-0.25, -0.2) is 9.97 Å². The predicted molar refractivity (Wildman–Crippen MR) is 76.4 cm³/mol. The SMILES string of the molecule is Cc1cnn(C[C@H](C)Nc2ncnc3c2cnn3C)c1. The Kier molecular flexibility index (Phi) is 3.09. The van der Waals surface area contributed by atoms with Gasteiger partial charge >= 0.3 is 0 Å². The summed E-state index contributed by atoms with van der Waals surface area (Å²) >= 11 is 0. The van der Waals surface area contributed by atoms with Crippen molar-refractivity contribution in [3.05, 3.63) is 30.5 Å². The Balaban J connectivity index is 1.78. The largest absolute Gasteiger partial charge is 0.365 e. The average molecular weight is 271 g/mol. The molecule has 20 heavy (non-hydrogen) atoms. The van der Waals surface area contributed by atoms with Gasteiger partial charge in [-0.2, -0.15) is 10.2 Å². The number of nitrogens with one attached hydrogen (secondary N) is 1. The summed E-state index contributed by atoms with van der Waals surface area (Å²) in [6, 6.07) is 0.201. The zero-order chi connectivity index (χ0) is 14.1. The molecule has 3 heterocycles. The van der Waals surface area contributed by atoms with E-state index in [1.54, 1.807) is 17.2 Å². The third-order valence-electron chi connectivity index (χ3n) is 3.14. The molecule has 0 saturated heterocycles. The highest BCUT2D eigenvalue weighted by Crippen LogP contribution is 2.18. The van der Waals surface area contributed by atoms with Gasteiger partial charge in [-0.05, 0) is 19.4 Å². The van der Waals surface area contributed by atoms with Crippen molar-refractivity contribution in [2.24, 2.45) is 7.05 Å². The van der Waals surface area contributed by atoms with Crippen LogP contribution in [0.3, 0.4) is 0 Å². The van der Waals surface area contributed by atoms with E-state index in [0.29, 0.717) is 0 Å². The monoisotopic (exact) mass is 271 g/mol. The second kappa shape index (κ2) is 4.92. The van der Waals surface area contributed by atoms with Crippen molar-refractivity contribution in [2.75, 3.05) is 5.32 Å². The Morgan fingerprint density at radius 3 is 2.85 bits per heavy atom. The van der Waals surface area contributed by atoms with Crippen molar-refractivity contribution in [3.8, 4) is 0 Å². The van der Waals surface area contributed by atoms with Gasteiger partial charge in [-0.15, -0.1) is 0 Å². The highest BCUT2D eigenvalue weighted by atomic mass is 15.3. The van der Waals surface area contributed by atoms with Gasteiger partial charge in [0.15, 0.2) is 5.65 Å². The Labute approximate surface area is 116 Å². The Hall–Kier alpha value is -2.44. The van der Waals surface area contributed by atoms with Crippen molar-refractivity contribution in [1.82, 2.24) is 29.5 Å². The van der Waals surface area contributed by atoms with E-state index in [9.17, 15) is 0 Å². The number of fused-ring (bicyclic) bond motifs is 1. The van der Waals surface area contributed by atoms with Crippen LogP contribution in [-0.4, -0.2) is 35.6 Å². The summed E-state index contributed by atoms with van der Waals surface area (Å²) in [5, 5.41) is 12.8. The molecule has 0 saturated carbocycles. The first-order valence-electron chi connectivity index (χ1n) is 6.52. The molecule has 0 radical (unpaired) electrons. The van der Waals surface area contributed by atoms with Crippen molar-refractivity contribution in [2.45, 2.75) is 26.4 Å². The third kappa shape index (κ3) is 2.34. The quantitative estimate of drug-likeness (QED) is 0.775. The highest BCUT2D eigenvalue weighted by molar-refractivity contribution is 5.86. The molecule has 0 amide bonds. The molecule has 0 fully saturated rings. The number of rotatable bonds is 4. The lowest BCUT2D eigenvalue weighted by atomic mass is 10.3. The summed E-state index contributed by atoms with van der Waals surface area (Å²) in [5.41, 5.74) is 1.98. The summed E-state index contributed by atoms with van der Waals surface area (Å²) in [7, 11) is 1.87. The summed E-state index contributed by atoms with van der Waals surface area (Å²) in [5.74, 6) is 0.805. The van der Waals surface area contributed by atoms with E-state index in [1.807, 2.05) is 31.0 Å². The lowest BCUT2D eigenvalue weighted by Gasteiger charge is -2.14. The molecule has 104 valence electrons. The molecule has 0 unspecified atom stereocenters. The van der Waals surface area contributed by atoms with Gasteiger partial charge in [0.2, 0.25) is 0 Å². The predicted octanol–water partition coefficient (Wildman–Crippen LogP) is 1.37. The fraction of sp³-hybridized carbons (Fsp3) is 0.385. The summed E-state index contributed by atoms with van der Waals surface area (Å²) in [6.45, 7) is 4.91. The van der Waals surface area contributed by atoms with Crippen LogP contribution in [0.4, 0.5) is 5.82 Å². The molecule has 1 atom stereocenters. The number of aromatic nitrogens is 6. The molecule has 0 aromatic carbocycles. The van der Waals surface area contributed by atoms with E-state index in [-0.39, 0.29) is 6.04 Å². The first kappa shape index (κ1) is 12.6. The molecule has 0 bridgehead atoms. The van der Waals surface area contributed by atoms with Crippen LogP contribution in [0.1, 0.15) is 12.5 Å². The molecule has 7 heteroatoms. The molecular weight excluding hydrogens is 254 g/mol. The van der Waals surface area contributed by atoms with Crippen LogP contribution in [0.15, 0.2) is 24.9 Å². The van der Waals surface area contributed by atoms with E-state index in [2.05, 4.69) is 32.4 Å². The van der Waals surface area contributed by atoms with Gasteiger partial charge in [0.1, 0.15) is 12.1 Å². The highest BCUT2D eigenvalue weighted by Gasteiger charge is 2.10. The smallest absolute Gasteiger partial charge is 0.163 e. The molecule has 7 nitrogen and oxygen atoms in total. The number of nitrogens with zero attached hydrogens (tertiary/aromatic N) is 6. The average Bonchev–Trinajstić information content (AvgIpc) is 2.98. The fourth-order valence-electron chi connectivity index (χ4n) is 2.20. The van der Waals surface area contributed by atoms with Gasteiger partial charge in [0.05, 0.1) is 24.3 Å². The minimum absolute atomic E-state index is 0.201. The standard InChI is InChI=1S/C13H17N7/c1-9-4-17-20(6-9)7-10(2)18-12-11-5-16-19(3)13(11)15-8-14-12/h4-6,8,10H,7H2,1-3H3,(H,14,15,18)/t10-/m0/s1. The summed E-state index contributed by atoms with van der Waals surface area (Å²) < 4.78 is 3.67. The molecule has 0 aliphatic carbocycles. The third-order valence-corrected chi connectivity index (χ3v) is 3.14. The lowest BCUT2D eigenvalue weighted by molar-refractivity contribution is 0.560. The van der Waals surface area contributed by atoms with Gasteiger partial charge in [-0.3, -0.25) is 9.36 Å². The fourth-order valence-corrected chi connectivity index (χ4v) is 2.20. The van der Waals surface area contributed by atoms with Crippen LogP contribution in [0.2, 0.25) is 0 Å². The molecule has 3 aromatic heterocycles. The first-order valence-corrected chi connectivity index (χ1v) is 6.52. The van der Waals surface area contributed by atoms with Crippen molar-refractivity contribution in [3.63, 3.8) is 0 Å². The number of anilines is 1. The molecule has 0 spiro atoms. The van der Waals surface area contributed by atoms with Crippen LogP contribution in [-0.2, 0) is 13.6 Å². The van der Waals surface area contributed by atoms with Crippen LogP contribution in [0, 0.1) is 6.92 Å². The van der Waals surface area contributed by atoms with E-state index in [4.69, 9.17) is 0 Å². The van der Waals surface area contributed by atoms with E-state index in [0.717, 1.165) is 29.0 Å². The van der Waals surface area contributed by atoms with Gasteiger partial charge in [-0.1, -0.05) is 0 Å². The van der Waals surface area contributed by atoms with E-state index < -0.39 is 0 Å².